The van der Waals surface area contributed by atoms with Gasteiger partial charge in [0, 0.05) is 19.3 Å². The van der Waals surface area contributed by atoms with Gasteiger partial charge in [0.25, 0.3) is 0 Å². The summed E-state index contributed by atoms with van der Waals surface area (Å²) in [5.41, 5.74) is 0. The molecular formula is C76H124O6. The molecule has 6 nitrogen and oxygen atoms in total. The summed E-state index contributed by atoms with van der Waals surface area (Å²) in [6.07, 6.45) is 98.6. The number of carbonyl (C=O) groups is 3. The Kier molecular flexibility index (Phi) is 64.8. The van der Waals surface area contributed by atoms with Gasteiger partial charge < -0.3 is 14.2 Å². The molecule has 82 heavy (non-hydrogen) atoms. The van der Waals surface area contributed by atoms with E-state index >= 15 is 0 Å². The van der Waals surface area contributed by atoms with Gasteiger partial charge in [-0.15, -0.1) is 0 Å². The van der Waals surface area contributed by atoms with Gasteiger partial charge in [-0.05, 0) is 141 Å². The molecule has 1 unspecified atom stereocenters. The van der Waals surface area contributed by atoms with Crippen molar-refractivity contribution in [1.82, 2.24) is 0 Å². The zero-order chi connectivity index (χ0) is 59.2. The van der Waals surface area contributed by atoms with Crippen molar-refractivity contribution in [2.75, 3.05) is 13.2 Å². The van der Waals surface area contributed by atoms with Gasteiger partial charge in [-0.3, -0.25) is 14.4 Å². The second-order valence-electron chi connectivity index (χ2n) is 22.0. The molecule has 0 aromatic carbocycles. The monoisotopic (exact) mass is 1130 g/mol. The number of hydrogen-bond acceptors (Lipinski definition) is 6. The number of allylic oxidation sites excluding steroid dienone is 24. The first kappa shape index (κ1) is 77.3. The zero-order valence-electron chi connectivity index (χ0n) is 53.2. The number of esters is 3. The van der Waals surface area contributed by atoms with Crippen molar-refractivity contribution in [3.05, 3.63) is 146 Å². The molecule has 0 aromatic rings. The van der Waals surface area contributed by atoms with Crippen LogP contribution >= 0.6 is 0 Å². The molecular weight excluding hydrogens is 1010 g/mol. The Bertz CT molecular complexity index is 1780. The van der Waals surface area contributed by atoms with Gasteiger partial charge in [0.2, 0.25) is 0 Å². The van der Waals surface area contributed by atoms with E-state index in [0.29, 0.717) is 19.3 Å². The molecule has 0 saturated heterocycles. The Morgan fingerprint density at radius 3 is 0.768 bits per heavy atom. The van der Waals surface area contributed by atoms with Crippen molar-refractivity contribution >= 4 is 17.9 Å². The van der Waals surface area contributed by atoms with Crippen molar-refractivity contribution < 1.29 is 28.6 Å². The number of hydrogen-bond donors (Lipinski definition) is 0. The molecule has 464 valence electrons. The van der Waals surface area contributed by atoms with Crippen LogP contribution in [0.25, 0.3) is 0 Å². The van der Waals surface area contributed by atoms with Crippen LogP contribution in [0.4, 0.5) is 0 Å². The van der Waals surface area contributed by atoms with Gasteiger partial charge in [0.05, 0.1) is 0 Å². The second kappa shape index (κ2) is 68.8. The van der Waals surface area contributed by atoms with Crippen LogP contribution < -0.4 is 0 Å². The molecule has 0 bridgehead atoms. The third-order valence-corrected chi connectivity index (χ3v) is 14.1. The normalized spacial score (nSPS) is 13.1. The maximum atomic E-state index is 12.9. The van der Waals surface area contributed by atoms with Crippen LogP contribution in [0.1, 0.15) is 297 Å². The average molecular weight is 1130 g/mol. The van der Waals surface area contributed by atoms with Crippen molar-refractivity contribution in [1.29, 1.82) is 0 Å². The highest BCUT2D eigenvalue weighted by Gasteiger charge is 2.19. The first-order valence-corrected chi connectivity index (χ1v) is 33.8. The minimum Gasteiger partial charge on any atom is -0.462 e. The first-order chi connectivity index (χ1) is 40.5. The summed E-state index contributed by atoms with van der Waals surface area (Å²) in [6.45, 7) is 6.36. The van der Waals surface area contributed by atoms with E-state index in [1.54, 1.807) is 0 Å². The zero-order valence-corrected chi connectivity index (χ0v) is 53.2. The quantitative estimate of drug-likeness (QED) is 0.0261. The van der Waals surface area contributed by atoms with Crippen molar-refractivity contribution in [3.8, 4) is 0 Å². The largest absolute Gasteiger partial charge is 0.462 e. The molecule has 0 amide bonds. The van der Waals surface area contributed by atoms with Crippen molar-refractivity contribution in [2.45, 2.75) is 303 Å². The summed E-state index contributed by atoms with van der Waals surface area (Å²) < 4.78 is 16.9. The molecule has 0 aromatic heterocycles. The van der Waals surface area contributed by atoms with E-state index in [0.717, 1.165) is 135 Å². The van der Waals surface area contributed by atoms with Crippen LogP contribution in [0, 0.1) is 0 Å². The summed E-state index contributed by atoms with van der Waals surface area (Å²) in [5, 5.41) is 0. The predicted molar refractivity (Wildman–Crippen MR) is 357 cm³/mol. The smallest absolute Gasteiger partial charge is 0.306 e. The number of ether oxygens (including phenoxy) is 3. The summed E-state index contributed by atoms with van der Waals surface area (Å²) >= 11 is 0. The Hall–Kier alpha value is -4.71. The van der Waals surface area contributed by atoms with Crippen LogP contribution in [-0.2, 0) is 28.6 Å². The number of rotatable bonds is 60. The molecule has 1 atom stereocenters. The molecule has 0 aliphatic carbocycles. The Balaban J connectivity index is 4.34. The van der Waals surface area contributed by atoms with Gasteiger partial charge in [-0.25, -0.2) is 0 Å². The van der Waals surface area contributed by atoms with Crippen LogP contribution in [0.2, 0.25) is 0 Å². The minimum absolute atomic E-state index is 0.0990. The van der Waals surface area contributed by atoms with Crippen LogP contribution in [0.3, 0.4) is 0 Å². The maximum absolute atomic E-state index is 12.9. The van der Waals surface area contributed by atoms with Crippen molar-refractivity contribution in [2.24, 2.45) is 0 Å². The van der Waals surface area contributed by atoms with E-state index in [1.807, 2.05) is 0 Å². The van der Waals surface area contributed by atoms with Gasteiger partial charge in [0.1, 0.15) is 13.2 Å². The highest BCUT2D eigenvalue weighted by molar-refractivity contribution is 5.71. The van der Waals surface area contributed by atoms with Crippen LogP contribution in [-0.4, -0.2) is 37.2 Å². The molecule has 0 saturated carbocycles. The molecule has 0 spiro atoms. The van der Waals surface area contributed by atoms with Gasteiger partial charge in [-0.1, -0.05) is 282 Å². The lowest BCUT2D eigenvalue weighted by Gasteiger charge is -2.18. The lowest BCUT2D eigenvalue weighted by molar-refractivity contribution is -0.167. The fourth-order valence-corrected chi connectivity index (χ4v) is 9.06. The Morgan fingerprint density at radius 1 is 0.256 bits per heavy atom. The third-order valence-electron chi connectivity index (χ3n) is 14.1. The molecule has 0 heterocycles. The van der Waals surface area contributed by atoms with E-state index in [-0.39, 0.29) is 31.1 Å². The predicted octanol–water partition coefficient (Wildman–Crippen LogP) is 23.5. The lowest BCUT2D eigenvalue weighted by Crippen LogP contribution is -2.30. The number of unbranched alkanes of at least 4 members (excludes halogenated alkanes) is 25. The van der Waals surface area contributed by atoms with Crippen LogP contribution in [0.15, 0.2) is 146 Å². The Morgan fingerprint density at radius 2 is 0.476 bits per heavy atom. The molecule has 0 aliphatic heterocycles. The third kappa shape index (κ3) is 66.1. The Labute approximate surface area is 506 Å². The first-order valence-electron chi connectivity index (χ1n) is 33.8. The highest BCUT2D eigenvalue weighted by atomic mass is 16.6. The molecule has 0 aliphatic rings. The lowest BCUT2D eigenvalue weighted by atomic mass is 10.0. The maximum Gasteiger partial charge on any atom is 0.306 e. The van der Waals surface area contributed by atoms with Crippen LogP contribution in [0.5, 0.6) is 0 Å². The SMILES string of the molecule is CC/C=C\C/C=C\C/C=C\C/C=C\C/C=C\C/C=C\CCCCCCCCCCCCCCC(=O)OCC(COC(=O)CCCC/C=C\C/C=C\C/C=C\C/C=C\CC)OC(=O)CCCCCCCCC/C=C\C/C=C\CCCCCC. The molecule has 0 rings (SSSR count). The van der Waals surface area contributed by atoms with Gasteiger partial charge in [-0.2, -0.15) is 0 Å². The van der Waals surface area contributed by atoms with Gasteiger partial charge in [0.15, 0.2) is 6.10 Å². The number of carbonyl (C=O) groups excluding carboxylic acids is 3. The molecule has 0 N–H and O–H groups in total. The van der Waals surface area contributed by atoms with E-state index in [9.17, 15) is 14.4 Å². The van der Waals surface area contributed by atoms with E-state index in [4.69, 9.17) is 14.2 Å². The topological polar surface area (TPSA) is 78.9 Å². The average Bonchev–Trinajstić information content (AvgIpc) is 3.47. The van der Waals surface area contributed by atoms with E-state index < -0.39 is 6.10 Å². The van der Waals surface area contributed by atoms with E-state index in [1.165, 1.54) is 122 Å². The summed E-state index contributed by atoms with van der Waals surface area (Å²) in [6, 6.07) is 0. The van der Waals surface area contributed by atoms with Gasteiger partial charge >= 0.3 is 17.9 Å². The molecule has 0 radical (unpaired) electrons. The standard InChI is InChI=1S/C76H124O6/c1-4-7-10-13-16-19-22-25-28-30-32-33-34-35-36-37-38-39-40-41-42-43-44-46-48-51-54-57-60-63-66-69-75(78)81-72-73(71-80-74(77)68-65-62-59-56-53-50-47-27-24-21-18-15-12-9-6-3)82-76(79)70-67-64-61-58-55-52-49-45-31-29-26-23-20-17-14-11-8-5-2/h7,9-10,12,16,18-21,23,25,27-29,31-33,35-36,38-39,47,53,56,73H,4-6,8,11,13-15,17,22,24,26,30,34,37,40-46,48-52,54-55,57-72H2,1-3H3/b10-7-,12-9-,19-16-,21-18-,23-20-,28-25-,31-29-,33-32-,36-35-,39-38-,47-27-,56-53-. The fraction of sp³-hybridized carbons (Fsp3) is 0.645. The molecule has 0 fully saturated rings. The molecule has 6 heteroatoms. The fourth-order valence-electron chi connectivity index (χ4n) is 9.06. The summed E-state index contributed by atoms with van der Waals surface area (Å²) in [5.74, 6) is -0.948. The second-order valence-corrected chi connectivity index (χ2v) is 22.0. The van der Waals surface area contributed by atoms with Crippen molar-refractivity contribution in [3.63, 3.8) is 0 Å². The summed E-state index contributed by atoms with van der Waals surface area (Å²) in [4.78, 5) is 38.4. The summed E-state index contributed by atoms with van der Waals surface area (Å²) in [7, 11) is 0. The van der Waals surface area contributed by atoms with E-state index in [2.05, 4.69) is 167 Å². The minimum atomic E-state index is -0.807. The highest BCUT2D eigenvalue weighted by Crippen LogP contribution is 2.16.